The molecule has 0 radical (unpaired) electrons. The molecule has 1 amide bonds. The fourth-order valence-corrected chi connectivity index (χ4v) is 4.10. The zero-order valence-corrected chi connectivity index (χ0v) is 13.3. The summed E-state index contributed by atoms with van der Waals surface area (Å²) in [7, 11) is 4.19. The molecule has 1 spiro atoms. The second-order valence-corrected chi connectivity index (χ2v) is 6.75. The molecule has 0 atom stereocenters. The van der Waals surface area contributed by atoms with Gasteiger partial charge in [0.1, 0.15) is 0 Å². The maximum Gasteiger partial charge on any atom is 0.254 e. The quantitative estimate of drug-likeness (QED) is 0.848. The highest BCUT2D eigenvalue weighted by molar-refractivity contribution is 6.00. The van der Waals surface area contributed by atoms with Gasteiger partial charge in [-0.25, -0.2) is 0 Å². The average molecular weight is 286 g/mol. The van der Waals surface area contributed by atoms with Gasteiger partial charge in [0, 0.05) is 12.1 Å². The Morgan fingerprint density at radius 1 is 1.14 bits per heavy atom. The van der Waals surface area contributed by atoms with Crippen LogP contribution in [0.15, 0.2) is 24.3 Å². The van der Waals surface area contributed by atoms with E-state index in [1.54, 1.807) is 0 Å². The van der Waals surface area contributed by atoms with Crippen molar-refractivity contribution in [3.8, 4) is 0 Å². The topological polar surface area (TPSA) is 23.6 Å². The molecule has 3 rings (SSSR count). The van der Waals surface area contributed by atoms with Crippen LogP contribution in [0.5, 0.6) is 0 Å². The molecule has 3 heteroatoms. The van der Waals surface area contributed by atoms with Gasteiger partial charge < -0.3 is 9.80 Å². The Kier molecular flexibility index (Phi) is 4.03. The lowest BCUT2D eigenvalue weighted by Crippen LogP contribution is -2.46. The van der Waals surface area contributed by atoms with E-state index < -0.39 is 0 Å². The molecule has 2 aliphatic rings. The number of carbonyl (C=O) groups is 1. The van der Waals surface area contributed by atoms with Crippen molar-refractivity contribution in [3.63, 3.8) is 0 Å². The number of benzene rings is 1. The minimum Gasteiger partial charge on any atom is -0.329 e. The van der Waals surface area contributed by atoms with Gasteiger partial charge in [-0.2, -0.15) is 0 Å². The molecule has 1 aromatic carbocycles. The minimum atomic E-state index is -0.00175. The predicted octanol–water partition coefficient (Wildman–Crippen LogP) is 3.25. The number of rotatable bonds is 4. The second kappa shape index (κ2) is 5.80. The Balaban J connectivity index is 1.89. The van der Waals surface area contributed by atoms with E-state index in [1.165, 1.54) is 24.8 Å². The van der Waals surface area contributed by atoms with Gasteiger partial charge in [-0.05, 0) is 51.5 Å². The molecular formula is C18H26N2O. The lowest BCUT2D eigenvalue weighted by molar-refractivity contribution is 0.0410. The van der Waals surface area contributed by atoms with Crippen molar-refractivity contribution in [2.24, 2.45) is 0 Å². The van der Waals surface area contributed by atoms with Crippen molar-refractivity contribution in [3.05, 3.63) is 35.4 Å². The molecule has 1 heterocycles. The largest absolute Gasteiger partial charge is 0.329 e. The molecule has 0 N–H and O–H groups in total. The fraction of sp³-hybridized carbons (Fsp3) is 0.611. The van der Waals surface area contributed by atoms with Crippen molar-refractivity contribution in [2.45, 2.75) is 44.1 Å². The molecule has 114 valence electrons. The van der Waals surface area contributed by atoms with Crippen molar-refractivity contribution < 1.29 is 4.79 Å². The molecule has 0 saturated heterocycles. The summed E-state index contributed by atoms with van der Waals surface area (Å²) in [5, 5.41) is 0. The van der Waals surface area contributed by atoms with Crippen LogP contribution in [0.1, 0.15) is 54.4 Å². The predicted molar refractivity (Wildman–Crippen MR) is 85.4 cm³/mol. The summed E-state index contributed by atoms with van der Waals surface area (Å²) in [5.41, 5.74) is 2.24. The summed E-state index contributed by atoms with van der Waals surface area (Å²) in [6.07, 6.45) is 7.12. The number of hydrogen-bond donors (Lipinski definition) is 0. The summed E-state index contributed by atoms with van der Waals surface area (Å²) in [4.78, 5) is 17.2. The summed E-state index contributed by atoms with van der Waals surface area (Å²) in [6.45, 7) is 1.92. The van der Waals surface area contributed by atoms with Crippen molar-refractivity contribution in [1.82, 2.24) is 9.80 Å². The SMILES string of the molecule is CN(C)CCCN1C(=O)c2ccccc2C12CCCCC2. The van der Waals surface area contributed by atoms with Crippen LogP contribution >= 0.6 is 0 Å². The lowest BCUT2D eigenvalue weighted by Gasteiger charge is -2.42. The van der Waals surface area contributed by atoms with Gasteiger partial charge in [-0.15, -0.1) is 0 Å². The van der Waals surface area contributed by atoms with Gasteiger partial charge in [0.05, 0.1) is 5.54 Å². The molecule has 1 aliphatic carbocycles. The molecule has 1 fully saturated rings. The number of amides is 1. The highest BCUT2D eigenvalue weighted by Gasteiger charge is 2.49. The van der Waals surface area contributed by atoms with Crippen LogP contribution < -0.4 is 0 Å². The van der Waals surface area contributed by atoms with Gasteiger partial charge in [0.25, 0.3) is 5.91 Å². The first kappa shape index (κ1) is 14.6. The summed E-state index contributed by atoms with van der Waals surface area (Å²) >= 11 is 0. The van der Waals surface area contributed by atoms with Crippen LogP contribution in [0, 0.1) is 0 Å². The number of carbonyl (C=O) groups excluding carboxylic acids is 1. The second-order valence-electron chi connectivity index (χ2n) is 6.75. The highest BCUT2D eigenvalue weighted by Crippen LogP contribution is 2.48. The van der Waals surface area contributed by atoms with E-state index in [4.69, 9.17) is 0 Å². The molecule has 3 nitrogen and oxygen atoms in total. The maximum atomic E-state index is 12.9. The monoisotopic (exact) mass is 286 g/mol. The number of fused-ring (bicyclic) bond motifs is 2. The van der Waals surface area contributed by atoms with E-state index in [0.717, 1.165) is 37.9 Å². The number of hydrogen-bond acceptors (Lipinski definition) is 2. The van der Waals surface area contributed by atoms with E-state index in [1.807, 2.05) is 12.1 Å². The minimum absolute atomic E-state index is 0.00175. The van der Waals surface area contributed by atoms with Gasteiger partial charge in [0.2, 0.25) is 0 Å². The Labute approximate surface area is 127 Å². The van der Waals surface area contributed by atoms with Crippen molar-refractivity contribution in [2.75, 3.05) is 27.2 Å². The van der Waals surface area contributed by atoms with Gasteiger partial charge in [-0.3, -0.25) is 4.79 Å². The van der Waals surface area contributed by atoms with Gasteiger partial charge in [0.15, 0.2) is 0 Å². The zero-order chi connectivity index (χ0) is 14.9. The van der Waals surface area contributed by atoms with Crippen LogP contribution in [0.3, 0.4) is 0 Å². The van der Waals surface area contributed by atoms with Crippen LogP contribution in [0.4, 0.5) is 0 Å². The third-order valence-electron chi connectivity index (χ3n) is 5.09. The molecular weight excluding hydrogens is 260 g/mol. The average Bonchev–Trinajstić information content (AvgIpc) is 2.71. The first-order chi connectivity index (χ1) is 10.1. The van der Waals surface area contributed by atoms with E-state index in [-0.39, 0.29) is 11.4 Å². The van der Waals surface area contributed by atoms with Crippen LogP contribution in [-0.2, 0) is 5.54 Å². The molecule has 1 aromatic rings. The van der Waals surface area contributed by atoms with E-state index in [2.05, 4.69) is 36.0 Å². The molecule has 1 aliphatic heterocycles. The van der Waals surface area contributed by atoms with Crippen LogP contribution in [-0.4, -0.2) is 42.9 Å². The summed E-state index contributed by atoms with van der Waals surface area (Å²) in [5.74, 6) is 0.256. The highest BCUT2D eigenvalue weighted by atomic mass is 16.2. The van der Waals surface area contributed by atoms with Crippen molar-refractivity contribution >= 4 is 5.91 Å². The normalized spacial score (nSPS) is 20.3. The molecule has 0 aromatic heterocycles. The van der Waals surface area contributed by atoms with Crippen LogP contribution in [0.2, 0.25) is 0 Å². The smallest absolute Gasteiger partial charge is 0.254 e. The third kappa shape index (κ3) is 2.48. The summed E-state index contributed by atoms with van der Waals surface area (Å²) in [6, 6.07) is 8.28. The first-order valence-electron chi connectivity index (χ1n) is 8.21. The van der Waals surface area contributed by atoms with Crippen molar-refractivity contribution in [1.29, 1.82) is 0 Å². The Bertz CT molecular complexity index is 518. The maximum absolute atomic E-state index is 12.9. The van der Waals surface area contributed by atoms with E-state index >= 15 is 0 Å². The first-order valence-corrected chi connectivity index (χ1v) is 8.21. The van der Waals surface area contributed by atoms with E-state index in [0.29, 0.717) is 0 Å². The van der Waals surface area contributed by atoms with E-state index in [9.17, 15) is 4.79 Å². The Morgan fingerprint density at radius 2 is 1.86 bits per heavy atom. The van der Waals surface area contributed by atoms with Gasteiger partial charge >= 0.3 is 0 Å². The molecule has 21 heavy (non-hydrogen) atoms. The summed E-state index contributed by atoms with van der Waals surface area (Å²) < 4.78 is 0. The Morgan fingerprint density at radius 3 is 2.57 bits per heavy atom. The van der Waals surface area contributed by atoms with Crippen LogP contribution in [0.25, 0.3) is 0 Å². The molecule has 0 unspecified atom stereocenters. The number of nitrogens with zero attached hydrogens (tertiary/aromatic N) is 2. The standard InChI is InChI=1S/C18H26N2O/c1-19(2)13-8-14-20-17(21)15-9-4-5-10-16(15)18(20)11-6-3-7-12-18/h4-5,9-10H,3,6-8,11-14H2,1-2H3. The molecule has 1 saturated carbocycles. The van der Waals surface area contributed by atoms with Gasteiger partial charge in [-0.1, -0.05) is 37.5 Å². The molecule has 0 bridgehead atoms. The fourth-order valence-electron chi connectivity index (χ4n) is 4.10. The zero-order valence-electron chi connectivity index (χ0n) is 13.3. The third-order valence-corrected chi connectivity index (χ3v) is 5.09. The lowest BCUT2D eigenvalue weighted by atomic mass is 9.76. The Hall–Kier alpha value is -1.35.